The number of carbonyl (C=O) groups excluding carboxylic acids is 2. The lowest BCUT2D eigenvalue weighted by Gasteiger charge is -2.35. The average molecular weight is 414 g/mol. The third-order valence-corrected chi connectivity index (χ3v) is 5.78. The summed E-state index contributed by atoms with van der Waals surface area (Å²) in [7, 11) is 0. The van der Waals surface area contributed by atoms with Gasteiger partial charge in [-0.2, -0.15) is 0 Å². The van der Waals surface area contributed by atoms with Crippen molar-refractivity contribution >= 4 is 11.8 Å². The highest BCUT2D eigenvalue weighted by molar-refractivity contribution is 5.79. The molecule has 1 aromatic carbocycles. The Morgan fingerprint density at radius 2 is 1.60 bits per heavy atom. The second kappa shape index (κ2) is 9.38. The zero-order valence-electron chi connectivity index (χ0n) is 17.1. The number of carbonyl (C=O) groups is 2. The number of amides is 2. The molecular formula is C22H27FN4O3. The fraction of sp³-hybridized carbons (Fsp3) is 0.500. The van der Waals surface area contributed by atoms with Crippen LogP contribution < -0.4 is 0 Å². The Balaban J connectivity index is 1.21. The third-order valence-electron chi connectivity index (χ3n) is 5.78. The van der Waals surface area contributed by atoms with Crippen LogP contribution in [0.5, 0.6) is 0 Å². The van der Waals surface area contributed by atoms with E-state index in [2.05, 4.69) is 9.88 Å². The highest BCUT2D eigenvalue weighted by Crippen LogP contribution is 2.21. The fourth-order valence-electron chi connectivity index (χ4n) is 3.96. The van der Waals surface area contributed by atoms with Gasteiger partial charge in [0.25, 0.3) is 0 Å². The second-order valence-corrected chi connectivity index (χ2v) is 7.87. The van der Waals surface area contributed by atoms with Crippen LogP contribution >= 0.6 is 0 Å². The maximum atomic E-state index is 13.0. The molecule has 30 heavy (non-hydrogen) atoms. The smallest absolute Gasteiger partial charge is 0.236 e. The van der Waals surface area contributed by atoms with Gasteiger partial charge in [-0.15, -0.1) is 0 Å². The molecule has 3 heterocycles. The van der Waals surface area contributed by atoms with Crippen LogP contribution in [0.4, 0.5) is 4.39 Å². The van der Waals surface area contributed by atoms with Gasteiger partial charge in [0.2, 0.25) is 11.8 Å². The Bertz CT molecular complexity index is 869. The number of piperazine rings is 1. The van der Waals surface area contributed by atoms with Crippen molar-refractivity contribution in [1.29, 1.82) is 0 Å². The molecule has 0 aliphatic carbocycles. The van der Waals surface area contributed by atoms with E-state index in [0.29, 0.717) is 44.1 Å². The first-order valence-corrected chi connectivity index (χ1v) is 10.6. The Hall–Kier alpha value is -2.74. The van der Waals surface area contributed by atoms with E-state index in [1.165, 1.54) is 12.1 Å². The number of hydrogen-bond donors (Lipinski definition) is 0. The van der Waals surface area contributed by atoms with E-state index < -0.39 is 0 Å². The number of halogens is 1. The molecule has 2 aliphatic rings. The summed E-state index contributed by atoms with van der Waals surface area (Å²) >= 11 is 0. The van der Waals surface area contributed by atoms with Crippen LogP contribution in [0.2, 0.25) is 0 Å². The average Bonchev–Trinajstić information content (AvgIpc) is 3.45. The number of oxazole rings is 1. The second-order valence-electron chi connectivity index (χ2n) is 7.87. The van der Waals surface area contributed by atoms with Gasteiger partial charge in [0, 0.05) is 57.7 Å². The van der Waals surface area contributed by atoms with Crippen molar-refractivity contribution in [2.45, 2.75) is 25.7 Å². The number of aromatic nitrogens is 1. The summed E-state index contributed by atoms with van der Waals surface area (Å²) in [6, 6.07) is 6.02. The van der Waals surface area contributed by atoms with Crippen molar-refractivity contribution in [3.05, 3.63) is 42.2 Å². The van der Waals surface area contributed by atoms with Gasteiger partial charge in [-0.05, 0) is 37.1 Å². The first kappa shape index (κ1) is 20.5. The normalized spacial score (nSPS) is 17.5. The van der Waals surface area contributed by atoms with Crippen LogP contribution in [0.15, 0.2) is 34.9 Å². The molecule has 0 saturated carbocycles. The van der Waals surface area contributed by atoms with Gasteiger partial charge < -0.3 is 14.2 Å². The van der Waals surface area contributed by atoms with Crippen LogP contribution in [-0.2, 0) is 16.0 Å². The summed E-state index contributed by atoms with van der Waals surface area (Å²) in [4.78, 5) is 35.0. The van der Waals surface area contributed by atoms with Crippen LogP contribution in [0.3, 0.4) is 0 Å². The largest absolute Gasteiger partial charge is 0.441 e. The molecule has 0 bridgehead atoms. The minimum atomic E-state index is -0.301. The van der Waals surface area contributed by atoms with Crippen molar-refractivity contribution in [3.8, 4) is 11.3 Å². The summed E-state index contributed by atoms with van der Waals surface area (Å²) < 4.78 is 18.7. The fourth-order valence-corrected chi connectivity index (χ4v) is 3.96. The molecule has 1 aromatic heterocycles. The minimum absolute atomic E-state index is 0.0713. The van der Waals surface area contributed by atoms with Crippen molar-refractivity contribution in [2.24, 2.45) is 0 Å². The number of nitrogens with zero attached hydrogens (tertiary/aromatic N) is 4. The molecule has 0 atom stereocenters. The molecule has 0 radical (unpaired) electrons. The zero-order chi connectivity index (χ0) is 20.9. The Kier molecular flexibility index (Phi) is 6.42. The summed E-state index contributed by atoms with van der Waals surface area (Å²) in [5.74, 6) is 1.03. The molecule has 2 aliphatic heterocycles. The molecular weight excluding hydrogens is 387 g/mol. The van der Waals surface area contributed by atoms with E-state index in [1.54, 1.807) is 18.3 Å². The van der Waals surface area contributed by atoms with Crippen molar-refractivity contribution in [2.75, 3.05) is 45.8 Å². The molecule has 4 rings (SSSR count). The number of rotatable bonds is 6. The topological polar surface area (TPSA) is 69.9 Å². The van der Waals surface area contributed by atoms with Gasteiger partial charge in [-0.1, -0.05) is 0 Å². The zero-order valence-corrected chi connectivity index (χ0v) is 17.1. The quantitative estimate of drug-likeness (QED) is 0.725. The standard InChI is InChI=1S/C22H27FN4O3/c23-18-5-3-17(4-6-18)19-15-24-20(30-19)7-8-21(28)27-13-11-25(12-14-27)16-22(29)26-9-1-2-10-26/h3-6,15H,1-2,7-14,16H2. The van der Waals surface area contributed by atoms with E-state index in [9.17, 15) is 14.0 Å². The van der Waals surface area contributed by atoms with Crippen LogP contribution in [0, 0.1) is 5.82 Å². The lowest BCUT2D eigenvalue weighted by molar-refractivity contribution is -0.134. The predicted molar refractivity (Wildman–Crippen MR) is 109 cm³/mol. The summed E-state index contributed by atoms with van der Waals surface area (Å²) in [5.41, 5.74) is 0.751. The van der Waals surface area contributed by atoms with E-state index in [4.69, 9.17) is 4.42 Å². The molecule has 8 heteroatoms. The summed E-state index contributed by atoms with van der Waals surface area (Å²) in [6.45, 7) is 4.92. The molecule has 160 valence electrons. The lowest BCUT2D eigenvalue weighted by atomic mass is 10.2. The number of hydrogen-bond acceptors (Lipinski definition) is 5. The molecule has 2 saturated heterocycles. The molecule has 0 unspecified atom stereocenters. The maximum absolute atomic E-state index is 13.0. The van der Waals surface area contributed by atoms with Crippen LogP contribution in [0.25, 0.3) is 11.3 Å². The number of benzene rings is 1. The van der Waals surface area contributed by atoms with E-state index in [0.717, 1.165) is 44.6 Å². The lowest BCUT2D eigenvalue weighted by Crippen LogP contribution is -2.51. The molecule has 2 amide bonds. The van der Waals surface area contributed by atoms with Crippen molar-refractivity contribution in [3.63, 3.8) is 0 Å². The van der Waals surface area contributed by atoms with Crippen molar-refractivity contribution in [1.82, 2.24) is 19.7 Å². The van der Waals surface area contributed by atoms with Gasteiger partial charge in [0.05, 0.1) is 12.7 Å². The Labute approximate surface area is 175 Å². The van der Waals surface area contributed by atoms with E-state index in [1.807, 2.05) is 9.80 Å². The minimum Gasteiger partial charge on any atom is -0.441 e. The number of likely N-dealkylation sites (tertiary alicyclic amines) is 1. The summed E-state index contributed by atoms with van der Waals surface area (Å²) in [6.07, 6.45) is 4.56. The van der Waals surface area contributed by atoms with Gasteiger partial charge in [-0.25, -0.2) is 9.37 Å². The van der Waals surface area contributed by atoms with Crippen LogP contribution in [0.1, 0.15) is 25.2 Å². The number of aryl methyl sites for hydroxylation is 1. The molecule has 0 N–H and O–H groups in total. The first-order chi connectivity index (χ1) is 14.6. The SMILES string of the molecule is O=C(CCc1ncc(-c2ccc(F)cc2)o1)N1CCN(CC(=O)N2CCCC2)CC1. The molecule has 7 nitrogen and oxygen atoms in total. The Morgan fingerprint density at radius 1 is 0.933 bits per heavy atom. The van der Waals surface area contributed by atoms with Gasteiger partial charge in [0.15, 0.2) is 11.7 Å². The maximum Gasteiger partial charge on any atom is 0.236 e. The van der Waals surface area contributed by atoms with E-state index >= 15 is 0 Å². The van der Waals surface area contributed by atoms with E-state index in [-0.39, 0.29) is 17.6 Å². The molecule has 2 aromatic rings. The van der Waals surface area contributed by atoms with Crippen molar-refractivity contribution < 1.29 is 18.4 Å². The van der Waals surface area contributed by atoms with Gasteiger partial charge in [0.1, 0.15) is 5.82 Å². The van der Waals surface area contributed by atoms with Crippen LogP contribution in [-0.4, -0.2) is 77.3 Å². The monoisotopic (exact) mass is 414 g/mol. The molecule has 0 spiro atoms. The highest BCUT2D eigenvalue weighted by Gasteiger charge is 2.25. The van der Waals surface area contributed by atoms with Gasteiger partial charge >= 0.3 is 0 Å². The predicted octanol–water partition coefficient (Wildman–Crippen LogP) is 2.18. The first-order valence-electron chi connectivity index (χ1n) is 10.6. The van der Waals surface area contributed by atoms with Gasteiger partial charge in [-0.3, -0.25) is 14.5 Å². The molecule has 2 fully saturated rings. The highest BCUT2D eigenvalue weighted by atomic mass is 19.1. The summed E-state index contributed by atoms with van der Waals surface area (Å²) in [5, 5.41) is 0. The third kappa shape index (κ3) is 5.05. The Morgan fingerprint density at radius 3 is 2.30 bits per heavy atom.